The third-order valence-corrected chi connectivity index (χ3v) is 6.08. The number of nitrogens with zero attached hydrogens (tertiary/aromatic N) is 1. The Balaban J connectivity index is 1.71. The van der Waals surface area contributed by atoms with Gasteiger partial charge in [-0.15, -0.1) is 0 Å². The fourth-order valence-corrected chi connectivity index (χ4v) is 3.66. The minimum Gasteiger partial charge on any atom is -0.457 e. The predicted octanol–water partition coefficient (Wildman–Crippen LogP) is 5.33. The van der Waals surface area contributed by atoms with E-state index in [1.807, 2.05) is 51.1 Å². The average Bonchev–Trinajstić information content (AvgIpc) is 2.62. The second-order valence-electron chi connectivity index (χ2n) is 7.27. The molecule has 28 heavy (non-hydrogen) atoms. The molecule has 5 nitrogen and oxygen atoms in total. The van der Waals surface area contributed by atoms with E-state index in [0.717, 1.165) is 50.0 Å². The molecule has 2 aromatic rings. The van der Waals surface area contributed by atoms with Gasteiger partial charge < -0.3 is 20.1 Å². The van der Waals surface area contributed by atoms with Gasteiger partial charge in [0.15, 0.2) is 0 Å². The molecule has 0 aliphatic carbocycles. The number of rotatable bonds is 5. The van der Waals surface area contributed by atoms with E-state index in [1.165, 1.54) is 0 Å². The van der Waals surface area contributed by atoms with Crippen LogP contribution in [0.3, 0.4) is 0 Å². The first kappa shape index (κ1) is 21.4. The lowest BCUT2D eigenvalue weighted by molar-refractivity contribution is -0.105. The molecule has 2 atom stereocenters. The highest BCUT2D eigenvalue weighted by molar-refractivity contribution is 14.1. The Morgan fingerprint density at radius 3 is 2.82 bits per heavy atom. The van der Waals surface area contributed by atoms with E-state index in [2.05, 4.69) is 45.1 Å². The van der Waals surface area contributed by atoms with Gasteiger partial charge in [-0.05, 0) is 91.7 Å². The van der Waals surface area contributed by atoms with E-state index in [0.29, 0.717) is 0 Å². The molecule has 0 saturated carbocycles. The number of morpholine rings is 1. The summed E-state index contributed by atoms with van der Waals surface area (Å²) in [6.07, 6.45) is 1.87. The normalized spacial score (nSPS) is 22.4. The molecule has 1 heterocycles. The second-order valence-corrected chi connectivity index (χ2v) is 8.84. The van der Waals surface area contributed by atoms with Crippen molar-refractivity contribution in [3.63, 3.8) is 0 Å². The van der Waals surface area contributed by atoms with Crippen LogP contribution in [0.4, 0.5) is 5.69 Å². The average molecular weight is 514 g/mol. The molecule has 2 unspecified atom stereocenters. The van der Waals surface area contributed by atoms with Crippen LogP contribution in [0.15, 0.2) is 35.3 Å². The Kier molecular flexibility index (Phi) is 6.85. The van der Waals surface area contributed by atoms with Crippen molar-refractivity contribution in [1.82, 2.24) is 10.6 Å². The molecule has 150 valence electrons. The van der Waals surface area contributed by atoms with Gasteiger partial charge in [-0.1, -0.05) is 11.6 Å². The molecule has 3 rings (SSSR count). The van der Waals surface area contributed by atoms with Crippen molar-refractivity contribution in [2.75, 3.05) is 13.1 Å². The molecule has 2 N–H and O–H groups in total. The number of aliphatic imine (C=N–C) groups is 1. The van der Waals surface area contributed by atoms with Gasteiger partial charge >= 0.3 is 0 Å². The minimum absolute atomic E-state index is 0.163. The van der Waals surface area contributed by atoms with Gasteiger partial charge in [-0.3, -0.25) is 0 Å². The quantitative estimate of drug-likeness (QED) is 0.322. The summed E-state index contributed by atoms with van der Waals surface area (Å²) in [5, 5.41) is 7.35. The van der Waals surface area contributed by atoms with Gasteiger partial charge in [0.2, 0.25) is 0 Å². The van der Waals surface area contributed by atoms with Crippen LogP contribution in [0.25, 0.3) is 0 Å². The van der Waals surface area contributed by atoms with Gasteiger partial charge in [0.25, 0.3) is 0 Å². The maximum atomic E-state index is 6.09. The molecule has 7 heteroatoms. The van der Waals surface area contributed by atoms with E-state index in [-0.39, 0.29) is 6.10 Å². The number of aryl methyl sites for hydroxylation is 2. The van der Waals surface area contributed by atoms with Gasteiger partial charge in [-0.2, -0.15) is 0 Å². The van der Waals surface area contributed by atoms with E-state index in [9.17, 15) is 0 Å². The van der Waals surface area contributed by atoms with Crippen molar-refractivity contribution in [2.45, 2.75) is 39.5 Å². The van der Waals surface area contributed by atoms with E-state index < -0.39 is 5.72 Å². The third-order valence-electron chi connectivity index (χ3n) is 4.54. The lowest BCUT2D eigenvalue weighted by atomic mass is 10.1. The molecule has 0 aromatic heterocycles. The van der Waals surface area contributed by atoms with Crippen LogP contribution in [-0.2, 0) is 4.74 Å². The zero-order valence-electron chi connectivity index (χ0n) is 16.5. The molecule has 0 bridgehead atoms. The predicted molar refractivity (Wildman–Crippen MR) is 123 cm³/mol. The summed E-state index contributed by atoms with van der Waals surface area (Å²) in [5.74, 6) is 1.57. The van der Waals surface area contributed by atoms with E-state index in [4.69, 9.17) is 21.1 Å². The van der Waals surface area contributed by atoms with Crippen molar-refractivity contribution >= 4 is 46.2 Å². The molecule has 1 aliphatic heterocycles. The van der Waals surface area contributed by atoms with Gasteiger partial charge in [0.1, 0.15) is 17.2 Å². The van der Waals surface area contributed by atoms with E-state index >= 15 is 0 Å². The lowest BCUT2D eigenvalue weighted by Crippen LogP contribution is -2.58. The Labute approximate surface area is 185 Å². The Morgan fingerprint density at radius 2 is 2.11 bits per heavy atom. The zero-order chi connectivity index (χ0) is 20.3. The second kappa shape index (κ2) is 8.98. The summed E-state index contributed by atoms with van der Waals surface area (Å²) in [7, 11) is 0. The van der Waals surface area contributed by atoms with Crippen LogP contribution in [-0.4, -0.2) is 31.3 Å². The Hall–Kier alpha value is -1.35. The maximum Gasteiger partial charge on any atom is 0.149 e. The molecule has 2 aromatic carbocycles. The van der Waals surface area contributed by atoms with Gasteiger partial charge in [0.05, 0.1) is 23.2 Å². The summed E-state index contributed by atoms with van der Waals surface area (Å²) in [5.41, 5.74) is 2.48. The number of halogens is 2. The highest BCUT2D eigenvalue weighted by Crippen LogP contribution is 2.33. The molecule has 0 amide bonds. The number of ether oxygens (including phenoxy) is 2. The van der Waals surface area contributed by atoms with Crippen molar-refractivity contribution in [3.8, 4) is 11.5 Å². The van der Waals surface area contributed by atoms with Crippen molar-refractivity contribution in [3.05, 3.63) is 50.1 Å². The molecular formula is C21H25ClIN3O2. The highest BCUT2D eigenvalue weighted by Gasteiger charge is 2.29. The van der Waals surface area contributed by atoms with Crippen LogP contribution in [0.2, 0.25) is 5.02 Å². The third kappa shape index (κ3) is 5.37. The summed E-state index contributed by atoms with van der Waals surface area (Å²) >= 11 is 8.28. The molecular weight excluding hydrogens is 489 g/mol. The van der Waals surface area contributed by atoms with Crippen molar-refractivity contribution in [1.29, 1.82) is 0 Å². The maximum absolute atomic E-state index is 6.09. The zero-order valence-corrected chi connectivity index (χ0v) is 19.4. The smallest absolute Gasteiger partial charge is 0.149 e. The molecule has 0 spiro atoms. The number of hydrogen-bond acceptors (Lipinski definition) is 4. The number of nitrogens with one attached hydrogen (secondary N) is 2. The Bertz CT molecular complexity index is 890. The molecule has 1 fully saturated rings. The van der Waals surface area contributed by atoms with Gasteiger partial charge in [-0.25, -0.2) is 4.99 Å². The van der Waals surface area contributed by atoms with Gasteiger partial charge in [0, 0.05) is 16.7 Å². The summed E-state index contributed by atoms with van der Waals surface area (Å²) in [6, 6.07) is 9.66. The largest absolute Gasteiger partial charge is 0.457 e. The summed E-state index contributed by atoms with van der Waals surface area (Å²) in [4.78, 5) is 4.59. The van der Waals surface area contributed by atoms with Crippen LogP contribution in [0, 0.1) is 17.4 Å². The highest BCUT2D eigenvalue weighted by atomic mass is 127. The monoisotopic (exact) mass is 513 g/mol. The van der Waals surface area contributed by atoms with Crippen LogP contribution < -0.4 is 15.4 Å². The Morgan fingerprint density at radius 1 is 1.32 bits per heavy atom. The van der Waals surface area contributed by atoms with Crippen molar-refractivity contribution in [2.24, 2.45) is 4.99 Å². The molecule has 1 saturated heterocycles. The standard InChI is InChI=1S/C21H25ClIN3O2/c1-13-8-20(27-16-5-6-17(22)18(23)9-16)14(2)7-19(13)25-12-26-21(4)11-24-10-15(3)28-21/h5-9,12,15,24H,10-11H2,1-4H3,(H,25,26). The first-order valence-corrected chi connectivity index (χ1v) is 10.6. The minimum atomic E-state index is -0.459. The van der Waals surface area contributed by atoms with Crippen LogP contribution >= 0.6 is 34.2 Å². The first-order chi connectivity index (χ1) is 13.3. The van der Waals surface area contributed by atoms with Crippen molar-refractivity contribution < 1.29 is 9.47 Å². The SMILES string of the molecule is Cc1cc(Oc2ccc(Cl)c(I)c2)c(C)cc1N=CNC1(C)CNCC(C)O1. The summed E-state index contributed by atoms with van der Waals surface area (Å²) in [6.45, 7) is 9.70. The van der Waals surface area contributed by atoms with Crippen LogP contribution in [0.1, 0.15) is 25.0 Å². The van der Waals surface area contributed by atoms with Crippen LogP contribution in [0.5, 0.6) is 11.5 Å². The summed E-state index contributed by atoms with van der Waals surface area (Å²) < 4.78 is 13.0. The topological polar surface area (TPSA) is 54.9 Å². The van der Waals surface area contributed by atoms with E-state index in [1.54, 1.807) is 6.34 Å². The molecule has 0 radical (unpaired) electrons. The lowest BCUT2D eigenvalue weighted by Gasteiger charge is -2.37. The number of hydrogen-bond donors (Lipinski definition) is 2. The molecule has 1 aliphatic rings. The fourth-order valence-electron chi connectivity index (χ4n) is 3.06. The first-order valence-electron chi connectivity index (χ1n) is 9.19. The fraction of sp³-hybridized carbons (Fsp3) is 0.381. The number of benzene rings is 2.